The van der Waals surface area contributed by atoms with Crippen molar-refractivity contribution in [3.05, 3.63) is 30.1 Å². The molecule has 6 nitrogen and oxygen atoms in total. The maximum Gasteiger partial charge on any atom is 0.251 e. The molecule has 2 rings (SSSR count). The molecule has 1 aromatic carbocycles. The molecular formula is C11H15N5O. The molecule has 0 aliphatic heterocycles. The summed E-state index contributed by atoms with van der Waals surface area (Å²) in [4.78, 5) is 18.6. The number of aromatic nitrogens is 2. The number of rotatable bonds is 4. The molecule has 0 aliphatic carbocycles. The highest BCUT2D eigenvalue weighted by atomic mass is 16.2. The minimum absolute atomic E-state index is 0.225. The van der Waals surface area contributed by atoms with Crippen LogP contribution in [-0.2, 0) is 11.2 Å². The fourth-order valence-corrected chi connectivity index (χ4v) is 1.67. The predicted molar refractivity (Wildman–Crippen MR) is 65.0 cm³/mol. The van der Waals surface area contributed by atoms with Crippen LogP contribution in [0.5, 0.6) is 0 Å². The average molecular weight is 233 g/mol. The van der Waals surface area contributed by atoms with Crippen molar-refractivity contribution in [1.82, 2.24) is 20.8 Å². The van der Waals surface area contributed by atoms with Gasteiger partial charge in [0.25, 0.3) is 5.91 Å². The maximum absolute atomic E-state index is 11.4. The van der Waals surface area contributed by atoms with Gasteiger partial charge in [-0.2, -0.15) is 0 Å². The smallest absolute Gasteiger partial charge is 0.251 e. The number of nitrogens with zero attached hydrogens (tertiary/aromatic N) is 1. The number of aromatic amines is 1. The zero-order valence-corrected chi connectivity index (χ0v) is 9.53. The molecule has 6 heteroatoms. The predicted octanol–water partition coefficient (Wildman–Crippen LogP) is -0.317. The van der Waals surface area contributed by atoms with E-state index >= 15 is 0 Å². The van der Waals surface area contributed by atoms with Gasteiger partial charge in [0.1, 0.15) is 0 Å². The lowest BCUT2D eigenvalue weighted by Crippen LogP contribution is -2.46. The van der Waals surface area contributed by atoms with E-state index in [1.54, 1.807) is 13.4 Å². The van der Waals surface area contributed by atoms with Crippen LogP contribution in [0.2, 0.25) is 0 Å². The van der Waals surface area contributed by atoms with Crippen molar-refractivity contribution in [2.24, 2.45) is 5.73 Å². The molecule has 1 unspecified atom stereocenters. The highest BCUT2D eigenvalue weighted by Crippen LogP contribution is 2.12. The zero-order valence-electron chi connectivity index (χ0n) is 9.53. The van der Waals surface area contributed by atoms with Gasteiger partial charge >= 0.3 is 0 Å². The molecule has 1 heterocycles. The van der Waals surface area contributed by atoms with Crippen molar-refractivity contribution in [3.63, 3.8) is 0 Å². The van der Waals surface area contributed by atoms with Crippen molar-refractivity contribution in [2.75, 3.05) is 7.05 Å². The van der Waals surface area contributed by atoms with Crippen LogP contribution in [0.25, 0.3) is 11.0 Å². The topological polar surface area (TPSA) is 95.8 Å². The molecule has 2 aromatic rings. The van der Waals surface area contributed by atoms with Crippen LogP contribution in [0.1, 0.15) is 5.56 Å². The highest BCUT2D eigenvalue weighted by molar-refractivity contribution is 5.81. The van der Waals surface area contributed by atoms with Gasteiger partial charge in [-0.3, -0.25) is 10.2 Å². The third-order valence-electron chi connectivity index (χ3n) is 2.53. The van der Waals surface area contributed by atoms with Crippen LogP contribution >= 0.6 is 0 Å². The second kappa shape index (κ2) is 4.94. The lowest BCUT2D eigenvalue weighted by molar-refractivity contribution is -0.123. The van der Waals surface area contributed by atoms with E-state index in [2.05, 4.69) is 20.8 Å². The molecule has 1 atom stereocenters. The third-order valence-corrected chi connectivity index (χ3v) is 2.53. The summed E-state index contributed by atoms with van der Waals surface area (Å²) in [6.07, 6.45) is 2.13. The van der Waals surface area contributed by atoms with Crippen LogP contribution in [0.3, 0.4) is 0 Å². The summed E-state index contributed by atoms with van der Waals surface area (Å²) in [7, 11) is 1.63. The lowest BCUT2D eigenvalue weighted by Gasteiger charge is -2.11. The largest absolute Gasteiger partial charge is 0.345 e. The monoisotopic (exact) mass is 233 g/mol. The van der Waals surface area contributed by atoms with Crippen LogP contribution in [0.4, 0.5) is 0 Å². The number of nitrogens with two attached hydrogens (primary N) is 1. The summed E-state index contributed by atoms with van der Waals surface area (Å²) in [5.74, 6) is -0.225. The molecule has 0 aliphatic rings. The van der Waals surface area contributed by atoms with Gasteiger partial charge in [-0.1, -0.05) is 6.07 Å². The fraction of sp³-hybridized carbons (Fsp3) is 0.273. The number of hydrogen-bond donors (Lipinski definition) is 4. The Morgan fingerprint density at radius 1 is 1.59 bits per heavy atom. The first-order valence-electron chi connectivity index (χ1n) is 5.35. The number of amides is 1. The Labute approximate surface area is 98.6 Å². The SMILES string of the molecule is CNNC(=O)C(N)Cc1ccc2nc[nH]c2c1. The molecule has 0 spiro atoms. The van der Waals surface area contributed by atoms with E-state index in [4.69, 9.17) is 5.73 Å². The van der Waals surface area contributed by atoms with Crippen molar-refractivity contribution in [1.29, 1.82) is 0 Å². The fourth-order valence-electron chi connectivity index (χ4n) is 1.67. The number of benzene rings is 1. The Bertz CT molecular complexity index is 521. The van der Waals surface area contributed by atoms with E-state index in [0.29, 0.717) is 6.42 Å². The van der Waals surface area contributed by atoms with Crippen molar-refractivity contribution in [2.45, 2.75) is 12.5 Å². The molecule has 0 bridgehead atoms. The Balaban J connectivity index is 2.09. The van der Waals surface area contributed by atoms with Crippen molar-refractivity contribution in [3.8, 4) is 0 Å². The molecular weight excluding hydrogens is 218 g/mol. The number of H-pyrrole nitrogens is 1. The van der Waals surface area contributed by atoms with E-state index < -0.39 is 6.04 Å². The zero-order chi connectivity index (χ0) is 12.3. The molecule has 17 heavy (non-hydrogen) atoms. The minimum Gasteiger partial charge on any atom is -0.345 e. The van der Waals surface area contributed by atoms with E-state index in [-0.39, 0.29) is 5.91 Å². The van der Waals surface area contributed by atoms with Gasteiger partial charge in [0.15, 0.2) is 0 Å². The summed E-state index contributed by atoms with van der Waals surface area (Å²) in [5.41, 5.74) is 13.7. The quantitative estimate of drug-likeness (QED) is 0.544. The van der Waals surface area contributed by atoms with Gasteiger partial charge in [-0.05, 0) is 24.1 Å². The first-order chi connectivity index (χ1) is 8.20. The van der Waals surface area contributed by atoms with Gasteiger partial charge in [-0.15, -0.1) is 0 Å². The summed E-state index contributed by atoms with van der Waals surface area (Å²) < 4.78 is 0. The first kappa shape index (κ1) is 11.6. The van der Waals surface area contributed by atoms with E-state index in [1.807, 2.05) is 18.2 Å². The first-order valence-corrected chi connectivity index (χ1v) is 5.35. The van der Waals surface area contributed by atoms with Crippen molar-refractivity contribution < 1.29 is 4.79 Å². The molecule has 0 saturated carbocycles. The normalized spacial score (nSPS) is 12.6. The number of carbonyl (C=O) groups is 1. The van der Waals surface area contributed by atoms with Crippen LogP contribution in [-0.4, -0.2) is 29.0 Å². The summed E-state index contributed by atoms with van der Waals surface area (Å²) in [6.45, 7) is 0. The van der Waals surface area contributed by atoms with Gasteiger partial charge in [0, 0.05) is 7.05 Å². The number of nitrogens with one attached hydrogen (secondary N) is 3. The molecule has 90 valence electrons. The van der Waals surface area contributed by atoms with E-state index in [0.717, 1.165) is 16.6 Å². The molecule has 0 radical (unpaired) electrons. The molecule has 0 saturated heterocycles. The Hall–Kier alpha value is -1.92. The number of hydrazine groups is 1. The van der Waals surface area contributed by atoms with E-state index in [9.17, 15) is 4.79 Å². The standard InChI is InChI=1S/C11H15N5O/c1-13-16-11(17)8(12)4-7-2-3-9-10(5-7)15-6-14-9/h2-3,5-6,8,13H,4,12H2,1H3,(H,14,15)(H,16,17). The Kier molecular flexibility index (Phi) is 3.36. The van der Waals surface area contributed by atoms with Gasteiger partial charge in [0.05, 0.1) is 23.4 Å². The minimum atomic E-state index is -0.567. The Morgan fingerprint density at radius 3 is 3.18 bits per heavy atom. The number of fused-ring (bicyclic) bond motifs is 1. The summed E-state index contributed by atoms with van der Waals surface area (Å²) >= 11 is 0. The molecule has 0 fully saturated rings. The van der Waals surface area contributed by atoms with Crippen molar-refractivity contribution >= 4 is 16.9 Å². The highest BCUT2D eigenvalue weighted by Gasteiger charge is 2.13. The third kappa shape index (κ3) is 2.61. The van der Waals surface area contributed by atoms with Crippen LogP contribution in [0, 0.1) is 0 Å². The van der Waals surface area contributed by atoms with Gasteiger partial charge in [0.2, 0.25) is 0 Å². The molecule has 5 N–H and O–H groups in total. The van der Waals surface area contributed by atoms with Crippen LogP contribution < -0.4 is 16.6 Å². The molecule has 1 aromatic heterocycles. The van der Waals surface area contributed by atoms with E-state index in [1.165, 1.54) is 0 Å². The average Bonchev–Trinajstić information content (AvgIpc) is 2.76. The number of imidazole rings is 1. The summed E-state index contributed by atoms with van der Waals surface area (Å²) in [6, 6.07) is 5.22. The van der Waals surface area contributed by atoms with Crippen LogP contribution in [0.15, 0.2) is 24.5 Å². The summed E-state index contributed by atoms with van der Waals surface area (Å²) in [5, 5.41) is 0. The lowest BCUT2D eigenvalue weighted by atomic mass is 10.1. The van der Waals surface area contributed by atoms with Gasteiger partial charge in [-0.25, -0.2) is 10.4 Å². The second-order valence-electron chi connectivity index (χ2n) is 3.80. The molecule has 1 amide bonds. The second-order valence-corrected chi connectivity index (χ2v) is 3.80. The maximum atomic E-state index is 11.4. The number of hydrogen-bond acceptors (Lipinski definition) is 4. The Morgan fingerprint density at radius 2 is 2.41 bits per heavy atom. The van der Waals surface area contributed by atoms with Gasteiger partial charge < -0.3 is 10.7 Å². The number of carbonyl (C=O) groups excluding carboxylic acids is 1.